The highest BCUT2D eigenvalue weighted by Gasteiger charge is 2.20. The number of aromatic nitrogens is 2. The summed E-state index contributed by atoms with van der Waals surface area (Å²) >= 11 is 0. The van der Waals surface area contributed by atoms with E-state index >= 15 is 0 Å². The van der Waals surface area contributed by atoms with Gasteiger partial charge in [-0.05, 0) is 26.3 Å². The molecule has 16 heavy (non-hydrogen) atoms. The number of piperidine rings is 1. The van der Waals surface area contributed by atoms with Gasteiger partial charge in [0.1, 0.15) is 0 Å². The van der Waals surface area contributed by atoms with Gasteiger partial charge in [-0.1, -0.05) is 5.16 Å². The third-order valence-electron chi connectivity index (χ3n) is 2.80. The van der Waals surface area contributed by atoms with Crippen molar-refractivity contribution in [2.24, 2.45) is 0 Å². The lowest BCUT2D eigenvalue weighted by Gasteiger charge is -2.18. The van der Waals surface area contributed by atoms with Crippen molar-refractivity contribution in [2.45, 2.75) is 32.1 Å². The number of nitrogens with zero attached hydrogens (tertiary/aromatic N) is 2. The SMILES string of the molecule is CCOCCc1noc([C@@H]2CCCNC2)n1. The molecule has 90 valence electrons. The molecule has 1 N–H and O–H groups in total. The van der Waals surface area contributed by atoms with Crippen LogP contribution >= 0.6 is 0 Å². The van der Waals surface area contributed by atoms with Crippen LogP contribution in [0.5, 0.6) is 0 Å². The Bertz CT molecular complexity index is 308. The molecule has 0 saturated carbocycles. The van der Waals surface area contributed by atoms with E-state index in [0.29, 0.717) is 12.5 Å². The highest BCUT2D eigenvalue weighted by Crippen LogP contribution is 2.21. The summed E-state index contributed by atoms with van der Waals surface area (Å²) in [5.41, 5.74) is 0. The Balaban J connectivity index is 1.85. The fraction of sp³-hybridized carbons (Fsp3) is 0.818. The van der Waals surface area contributed by atoms with E-state index in [0.717, 1.165) is 44.3 Å². The van der Waals surface area contributed by atoms with Gasteiger partial charge in [0.15, 0.2) is 5.82 Å². The van der Waals surface area contributed by atoms with Crippen molar-refractivity contribution in [3.05, 3.63) is 11.7 Å². The average Bonchev–Trinajstić information content (AvgIpc) is 2.79. The van der Waals surface area contributed by atoms with Crippen LogP contribution in [-0.2, 0) is 11.2 Å². The maximum atomic E-state index is 5.28. The van der Waals surface area contributed by atoms with Gasteiger partial charge < -0.3 is 14.6 Å². The predicted molar refractivity (Wildman–Crippen MR) is 59.3 cm³/mol. The van der Waals surface area contributed by atoms with Crippen molar-refractivity contribution in [2.75, 3.05) is 26.3 Å². The molecule has 1 aromatic rings. The topological polar surface area (TPSA) is 60.2 Å². The second-order valence-electron chi connectivity index (χ2n) is 4.04. The molecule has 0 unspecified atom stereocenters. The monoisotopic (exact) mass is 225 g/mol. The second kappa shape index (κ2) is 5.96. The molecule has 1 aliphatic heterocycles. The first-order chi connectivity index (χ1) is 7.90. The van der Waals surface area contributed by atoms with E-state index in [-0.39, 0.29) is 0 Å². The number of ether oxygens (including phenoxy) is 1. The number of hydrogen-bond acceptors (Lipinski definition) is 5. The van der Waals surface area contributed by atoms with Gasteiger partial charge in [-0.15, -0.1) is 0 Å². The van der Waals surface area contributed by atoms with E-state index in [1.807, 2.05) is 6.92 Å². The molecule has 0 bridgehead atoms. The van der Waals surface area contributed by atoms with Crippen molar-refractivity contribution in [1.29, 1.82) is 0 Å². The molecule has 0 aliphatic carbocycles. The summed E-state index contributed by atoms with van der Waals surface area (Å²) in [4.78, 5) is 4.41. The molecule has 1 saturated heterocycles. The Hall–Kier alpha value is -0.940. The summed E-state index contributed by atoms with van der Waals surface area (Å²) in [5.74, 6) is 1.93. The first kappa shape index (κ1) is 11.5. The van der Waals surface area contributed by atoms with Gasteiger partial charge in [0, 0.05) is 19.6 Å². The molecule has 1 aromatic heterocycles. The van der Waals surface area contributed by atoms with Gasteiger partial charge in [-0.3, -0.25) is 0 Å². The minimum Gasteiger partial charge on any atom is -0.381 e. The molecule has 1 aliphatic rings. The van der Waals surface area contributed by atoms with Crippen LogP contribution in [0.4, 0.5) is 0 Å². The summed E-state index contributed by atoms with van der Waals surface area (Å²) in [6, 6.07) is 0. The van der Waals surface area contributed by atoms with Gasteiger partial charge in [0.2, 0.25) is 5.89 Å². The maximum absolute atomic E-state index is 5.28. The summed E-state index contributed by atoms with van der Waals surface area (Å²) in [7, 11) is 0. The number of rotatable bonds is 5. The van der Waals surface area contributed by atoms with Gasteiger partial charge in [-0.2, -0.15) is 4.98 Å². The van der Waals surface area contributed by atoms with Crippen molar-refractivity contribution >= 4 is 0 Å². The molecule has 1 atom stereocenters. The fourth-order valence-corrected chi connectivity index (χ4v) is 1.91. The Labute approximate surface area is 95.6 Å². The molecular formula is C11H19N3O2. The van der Waals surface area contributed by atoms with Crippen molar-refractivity contribution < 1.29 is 9.26 Å². The predicted octanol–water partition coefficient (Wildman–Crippen LogP) is 1.12. The average molecular weight is 225 g/mol. The molecule has 2 heterocycles. The molecule has 5 nitrogen and oxygen atoms in total. The van der Waals surface area contributed by atoms with Gasteiger partial charge >= 0.3 is 0 Å². The lowest BCUT2D eigenvalue weighted by atomic mass is 10.00. The largest absolute Gasteiger partial charge is 0.381 e. The van der Waals surface area contributed by atoms with Gasteiger partial charge in [0.05, 0.1) is 12.5 Å². The van der Waals surface area contributed by atoms with Crippen molar-refractivity contribution in [3.8, 4) is 0 Å². The highest BCUT2D eigenvalue weighted by atomic mass is 16.5. The van der Waals surface area contributed by atoms with Crippen LogP contribution in [0.2, 0.25) is 0 Å². The lowest BCUT2D eigenvalue weighted by molar-refractivity contribution is 0.149. The van der Waals surface area contributed by atoms with Gasteiger partial charge in [-0.25, -0.2) is 0 Å². The van der Waals surface area contributed by atoms with Crippen LogP contribution < -0.4 is 5.32 Å². The third kappa shape index (κ3) is 3.02. The Morgan fingerprint density at radius 1 is 1.56 bits per heavy atom. The zero-order valence-corrected chi connectivity index (χ0v) is 9.74. The third-order valence-corrected chi connectivity index (χ3v) is 2.80. The van der Waals surface area contributed by atoms with Gasteiger partial charge in [0.25, 0.3) is 0 Å². The van der Waals surface area contributed by atoms with Crippen LogP contribution in [0.25, 0.3) is 0 Å². The normalized spacial score (nSPS) is 21.2. The first-order valence-corrected chi connectivity index (χ1v) is 6.01. The molecular weight excluding hydrogens is 206 g/mol. The molecule has 0 spiro atoms. The highest BCUT2D eigenvalue weighted by molar-refractivity contribution is 4.96. The molecule has 1 fully saturated rings. The van der Waals surface area contributed by atoms with Crippen molar-refractivity contribution in [1.82, 2.24) is 15.5 Å². The zero-order valence-electron chi connectivity index (χ0n) is 9.74. The lowest BCUT2D eigenvalue weighted by Crippen LogP contribution is -2.28. The molecule has 0 radical (unpaired) electrons. The van der Waals surface area contributed by atoms with Crippen LogP contribution in [0, 0.1) is 0 Å². The van der Waals surface area contributed by atoms with E-state index in [2.05, 4.69) is 15.5 Å². The van der Waals surface area contributed by atoms with Crippen molar-refractivity contribution in [3.63, 3.8) is 0 Å². The fourth-order valence-electron chi connectivity index (χ4n) is 1.91. The molecule has 2 rings (SSSR count). The maximum Gasteiger partial charge on any atom is 0.231 e. The van der Waals surface area contributed by atoms with Crippen LogP contribution in [0.1, 0.15) is 37.4 Å². The number of nitrogens with one attached hydrogen (secondary N) is 1. The minimum atomic E-state index is 0.391. The standard InChI is InChI=1S/C11H19N3O2/c1-2-15-7-5-10-13-11(16-14-10)9-4-3-6-12-8-9/h9,12H,2-8H2,1H3/t9-/m1/s1. The van der Waals surface area contributed by atoms with E-state index in [1.165, 1.54) is 6.42 Å². The summed E-state index contributed by atoms with van der Waals surface area (Å²) in [6.07, 6.45) is 3.05. The molecule has 0 amide bonds. The molecule has 0 aromatic carbocycles. The zero-order chi connectivity index (χ0) is 11.2. The summed E-state index contributed by atoms with van der Waals surface area (Å²) in [5, 5.41) is 7.31. The first-order valence-electron chi connectivity index (χ1n) is 6.01. The van der Waals surface area contributed by atoms with E-state index in [4.69, 9.17) is 9.26 Å². The smallest absolute Gasteiger partial charge is 0.231 e. The summed E-state index contributed by atoms with van der Waals surface area (Å²) in [6.45, 7) is 5.43. The van der Waals surface area contributed by atoms with Crippen LogP contribution in [-0.4, -0.2) is 36.4 Å². The van der Waals surface area contributed by atoms with E-state index in [9.17, 15) is 0 Å². The number of hydrogen-bond donors (Lipinski definition) is 1. The Morgan fingerprint density at radius 2 is 2.50 bits per heavy atom. The van der Waals surface area contributed by atoms with Crippen LogP contribution in [0.15, 0.2) is 4.52 Å². The van der Waals surface area contributed by atoms with Crippen LogP contribution in [0.3, 0.4) is 0 Å². The minimum absolute atomic E-state index is 0.391. The Morgan fingerprint density at radius 3 is 3.25 bits per heavy atom. The van der Waals surface area contributed by atoms with E-state index in [1.54, 1.807) is 0 Å². The van der Waals surface area contributed by atoms with E-state index < -0.39 is 0 Å². The summed E-state index contributed by atoms with van der Waals surface area (Å²) < 4.78 is 10.5. The second-order valence-corrected chi connectivity index (χ2v) is 4.04. The molecule has 5 heteroatoms. The Kier molecular flexibility index (Phi) is 4.30. The quantitative estimate of drug-likeness (QED) is 0.761.